The quantitative estimate of drug-likeness (QED) is 0.813. The third kappa shape index (κ3) is 4.26. The molecule has 0 saturated carbocycles. The number of ether oxygens (including phenoxy) is 1. The van der Waals surface area contributed by atoms with Gasteiger partial charge in [-0.2, -0.15) is 26.3 Å². The second kappa shape index (κ2) is 6.74. The molecule has 0 aliphatic rings. The first-order valence-electron chi connectivity index (χ1n) is 6.34. The van der Waals surface area contributed by atoms with Crippen molar-refractivity contribution in [3.63, 3.8) is 0 Å². The summed E-state index contributed by atoms with van der Waals surface area (Å²) in [6.45, 7) is 0.206. The normalized spacial score (nSPS) is 14.0. The van der Waals surface area contributed by atoms with E-state index in [1.165, 1.54) is 0 Å². The summed E-state index contributed by atoms with van der Waals surface area (Å²) in [5.74, 6) is -0.535. The molecule has 0 aliphatic heterocycles. The predicted octanol–water partition coefficient (Wildman–Crippen LogP) is 3.47. The standard InChI is InChI=1S/C13H16F6N2O/c1-22-10-6-7(12(14,15)16)5-8(13(17,18)19)11(10)9(21)3-2-4-20/h5-6,9H,2-4,20-21H2,1H3/t9-/m1/s1. The summed E-state index contributed by atoms with van der Waals surface area (Å²) in [6, 6.07) is -0.551. The van der Waals surface area contributed by atoms with Crippen molar-refractivity contribution in [2.45, 2.75) is 31.2 Å². The monoisotopic (exact) mass is 330 g/mol. The minimum atomic E-state index is -4.98. The van der Waals surface area contributed by atoms with Crippen LogP contribution in [0.4, 0.5) is 26.3 Å². The third-order valence-electron chi connectivity index (χ3n) is 3.08. The van der Waals surface area contributed by atoms with Crippen LogP contribution in [0.3, 0.4) is 0 Å². The van der Waals surface area contributed by atoms with E-state index in [2.05, 4.69) is 0 Å². The Balaban J connectivity index is 3.52. The molecule has 0 radical (unpaired) electrons. The van der Waals surface area contributed by atoms with Crippen LogP contribution in [0.25, 0.3) is 0 Å². The Hall–Kier alpha value is -1.48. The zero-order valence-electron chi connectivity index (χ0n) is 11.7. The van der Waals surface area contributed by atoms with Crippen LogP contribution < -0.4 is 16.2 Å². The number of hydrogen-bond donors (Lipinski definition) is 2. The average Bonchev–Trinajstić information content (AvgIpc) is 2.41. The molecular weight excluding hydrogens is 314 g/mol. The van der Waals surface area contributed by atoms with Gasteiger partial charge < -0.3 is 16.2 Å². The van der Waals surface area contributed by atoms with Gasteiger partial charge in [-0.3, -0.25) is 0 Å². The molecule has 1 aromatic rings. The van der Waals surface area contributed by atoms with Crippen LogP contribution in [-0.2, 0) is 12.4 Å². The maximum atomic E-state index is 13.1. The topological polar surface area (TPSA) is 61.3 Å². The smallest absolute Gasteiger partial charge is 0.416 e. The maximum absolute atomic E-state index is 13.1. The largest absolute Gasteiger partial charge is 0.496 e. The van der Waals surface area contributed by atoms with Gasteiger partial charge in [0.1, 0.15) is 5.75 Å². The van der Waals surface area contributed by atoms with Gasteiger partial charge in [-0.25, -0.2) is 0 Å². The van der Waals surface area contributed by atoms with Crippen molar-refractivity contribution in [1.29, 1.82) is 0 Å². The summed E-state index contributed by atoms with van der Waals surface area (Å²) in [6.07, 6.45) is -9.47. The third-order valence-corrected chi connectivity index (χ3v) is 3.08. The molecule has 0 fully saturated rings. The molecule has 1 rings (SSSR count). The van der Waals surface area contributed by atoms with E-state index in [-0.39, 0.29) is 19.0 Å². The van der Waals surface area contributed by atoms with Crippen molar-refractivity contribution in [1.82, 2.24) is 0 Å². The summed E-state index contributed by atoms with van der Waals surface area (Å²) in [4.78, 5) is 0. The van der Waals surface area contributed by atoms with Gasteiger partial charge in [0.15, 0.2) is 0 Å². The van der Waals surface area contributed by atoms with Crippen molar-refractivity contribution in [3.05, 3.63) is 28.8 Å². The number of methoxy groups -OCH3 is 1. The molecule has 0 bridgehead atoms. The summed E-state index contributed by atoms with van der Waals surface area (Å²) in [5.41, 5.74) is 7.60. The molecule has 9 heteroatoms. The molecule has 4 N–H and O–H groups in total. The Morgan fingerprint density at radius 1 is 1.09 bits per heavy atom. The number of nitrogens with two attached hydrogens (primary N) is 2. The van der Waals surface area contributed by atoms with Crippen molar-refractivity contribution in [2.75, 3.05) is 13.7 Å². The zero-order valence-corrected chi connectivity index (χ0v) is 11.7. The van der Waals surface area contributed by atoms with Crippen LogP contribution in [0.2, 0.25) is 0 Å². The maximum Gasteiger partial charge on any atom is 0.416 e. The van der Waals surface area contributed by atoms with Gasteiger partial charge in [-0.05, 0) is 31.5 Å². The number of hydrogen-bond acceptors (Lipinski definition) is 3. The second-order valence-corrected chi connectivity index (χ2v) is 4.67. The highest BCUT2D eigenvalue weighted by Gasteiger charge is 2.40. The Labute approximate surface area is 123 Å². The number of halogens is 6. The molecule has 0 saturated heterocycles. The Bertz CT molecular complexity index is 512. The lowest BCUT2D eigenvalue weighted by Crippen LogP contribution is -2.21. The van der Waals surface area contributed by atoms with Gasteiger partial charge >= 0.3 is 12.4 Å². The number of rotatable bonds is 5. The Morgan fingerprint density at radius 3 is 2.09 bits per heavy atom. The van der Waals surface area contributed by atoms with E-state index < -0.39 is 40.8 Å². The van der Waals surface area contributed by atoms with Crippen molar-refractivity contribution < 1.29 is 31.1 Å². The van der Waals surface area contributed by atoms with E-state index in [9.17, 15) is 26.3 Å². The molecule has 0 heterocycles. The van der Waals surface area contributed by atoms with Crippen LogP contribution in [-0.4, -0.2) is 13.7 Å². The molecule has 0 aliphatic carbocycles. The number of alkyl halides is 6. The van der Waals surface area contributed by atoms with Crippen molar-refractivity contribution in [3.8, 4) is 5.75 Å². The van der Waals surface area contributed by atoms with E-state index in [4.69, 9.17) is 16.2 Å². The van der Waals surface area contributed by atoms with Gasteiger partial charge in [-0.15, -0.1) is 0 Å². The first-order chi connectivity index (χ1) is 10.0. The molecule has 3 nitrogen and oxygen atoms in total. The number of benzene rings is 1. The summed E-state index contributed by atoms with van der Waals surface area (Å²) < 4.78 is 82.3. The van der Waals surface area contributed by atoms with E-state index >= 15 is 0 Å². The Kier molecular flexibility index (Phi) is 5.69. The van der Waals surface area contributed by atoms with Gasteiger partial charge in [-0.1, -0.05) is 0 Å². The second-order valence-electron chi connectivity index (χ2n) is 4.67. The molecule has 0 spiro atoms. The SMILES string of the molecule is COc1cc(C(F)(F)F)cc(C(F)(F)F)c1[C@H](N)CCCN. The predicted molar refractivity (Wildman–Crippen MR) is 68.2 cm³/mol. The van der Waals surface area contributed by atoms with E-state index in [0.29, 0.717) is 12.5 Å². The zero-order chi connectivity index (χ0) is 17.1. The minimum absolute atomic E-state index is 0.0557. The lowest BCUT2D eigenvalue weighted by Gasteiger charge is -2.23. The highest BCUT2D eigenvalue weighted by atomic mass is 19.4. The first-order valence-corrected chi connectivity index (χ1v) is 6.34. The lowest BCUT2D eigenvalue weighted by molar-refractivity contribution is -0.143. The molecule has 22 heavy (non-hydrogen) atoms. The highest BCUT2D eigenvalue weighted by Crippen LogP contribution is 2.43. The first kappa shape index (κ1) is 18.6. The summed E-state index contributed by atoms with van der Waals surface area (Å²) in [5, 5.41) is 0. The van der Waals surface area contributed by atoms with Crippen molar-refractivity contribution in [2.24, 2.45) is 11.5 Å². The summed E-state index contributed by atoms with van der Waals surface area (Å²) >= 11 is 0. The average molecular weight is 330 g/mol. The van der Waals surface area contributed by atoms with Crippen LogP contribution in [0.1, 0.15) is 35.6 Å². The van der Waals surface area contributed by atoms with E-state index in [0.717, 1.165) is 7.11 Å². The highest BCUT2D eigenvalue weighted by molar-refractivity contribution is 5.48. The van der Waals surface area contributed by atoms with Crippen LogP contribution >= 0.6 is 0 Å². The van der Waals surface area contributed by atoms with Gasteiger partial charge in [0.25, 0.3) is 0 Å². The molecule has 126 valence electrons. The minimum Gasteiger partial charge on any atom is -0.496 e. The Morgan fingerprint density at radius 2 is 1.68 bits per heavy atom. The fourth-order valence-electron chi connectivity index (χ4n) is 2.06. The fraction of sp³-hybridized carbons (Fsp3) is 0.538. The summed E-state index contributed by atoms with van der Waals surface area (Å²) in [7, 11) is 0.995. The molecule has 0 aromatic heterocycles. The van der Waals surface area contributed by atoms with Crippen LogP contribution in [0, 0.1) is 0 Å². The molecule has 1 aromatic carbocycles. The molecular formula is C13H16F6N2O. The van der Waals surface area contributed by atoms with Gasteiger partial charge in [0.2, 0.25) is 0 Å². The van der Waals surface area contributed by atoms with E-state index in [1.807, 2.05) is 0 Å². The van der Waals surface area contributed by atoms with E-state index in [1.54, 1.807) is 0 Å². The van der Waals surface area contributed by atoms with Crippen LogP contribution in [0.15, 0.2) is 12.1 Å². The fourth-order valence-corrected chi connectivity index (χ4v) is 2.06. The van der Waals surface area contributed by atoms with Gasteiger partial charge in [0.05, 0.1) is 18.2 Å². The lowest BCUT2D eigenvalue weighted by atomic mass is 9.93. The molecule has 0 unspecified atom stereocenters. The molecule has 1 atom stereocenters. The molecule has 0 amide bonds. The van der Waals surface area contributed by atoms with Gasteiger partial charge in [0, 0.05) is 11.6 Å². The van der Waals surface area contributed by atoms with Crippen molar-refractivity contribution >= 4 is 0 Å². The van der Waals surface area contributed by atoms with Crippen LogP contribution in [0.5, 0.6) is 5.75 Å².